The van der Waals surface area contributed by atoms with Gasteiger partial charge in [0.05, 0.1) is 12.2 Å². The van der Waals surface area contributed by atoms with Crippen LogP contribution < -0.4 is 9.47 Å². The van der Waals surface area contributed by atoms with Gasteiger partial charge < -0.3 is 14.6 Å². The maximum Gasteiger partial charge on any atom is 0.417 e. The summed E-state index contributed by atoms with van der Waals surface area (Å²) >= 11 is 0. The molecule has 0 radical (unpaired) electrons. The zero-order chi connectivity index (χ0) is 24.0. The number of rotatable bonds is 8. The molecule has 3 aromatic carbocycles. The smallest absolute Gasteiger partial charge is 0.417 e. The van der Waals surface area contributed by atoms with E-state index in [-0.39, 0.29) is 41.7 Å². The van der Waals surface area contributed by atoms with E-state index >= 15 is 0 Å². The van der Waals surface area contributed by atoms with Crippen LogP contribution in [0.5, 0.6) is 11.8 Å². The van der Waals surface area contributed by atoms with Gasteiger partial charge in [-0.15, -0.1) is 0 Å². The van der Waals surface area contributed by atoms with Crippen LogP contribution in [0.1, 0.15) is 22.3 Å². The number of pyridine rings is 1. The molecule has 4 rings (SSSR count). The molecule has 0 saturated heterocycles. The number of ether oxygens (including phenoxy) is 2. The van der Waals surface area contributed by atoms with Gasteiger partial charge in [-0.05, 0) is 34.4 Å². The topological polar surface area (TPSA) is 51.6 Å². The van der Waals surface area contributed by atoms with Crippen molar-refractivity contribution in [2.45, 2.75) is 26.0 Å². The first-order chi connectivity index (χ1) is 16.4. The average molecular weight is 465 g/mol. The second-order valence-electron chi connectivity index (χ2n) is 7.59. The number of nitrogens with zero attached hydrogens (tertiary/aromatic N) is 1. The molecule has 4 nitrogen and oxygen atoms in total. The van der Waals surface area contributed by atoms with Gasteiger partial charge in [-0.3, -0.25) is 0 Å². The Balaban J connectivity index is 1.71. The van der Waals surface area contributed by atoms with Crippen LogP contribution in [0.2, 0.25) is 0 Å². The van der Waals surface area contributed by atoms with Crippen molar-refractivity contribution in [1.29, 1.82) is 0 Å². The van der Waals surface area contributed by atoms with E-state index in [4.69, 9.17) is 9.47 Å². The van der Waals surface area contributed by atoms with E-state index in [1.165, 1.54) is 24.3 Å². The summed E-state index contributed by atoms with van der Waals surface area (Å²) in [4.78, 5) is 4.38. The summed E-state index contributed by atoms with van der Waals surface area (Å²) in [6.07, 6.45) is -4.63. The summed E-state index contributed by atoms with van der Waals surface area (Å²) in [5.74, 6) is 0.257. The highest BCUT2D eigenvalue weighted by Crippen LogP contribution is 2.41. The molecule has 0 bridgehead atoms. The van der Waals surface area contributed by atoms with Crippen molar-refractivity contribution < 1.29 is 27.8 Å². The largest absolute Gasteiger partial charge is 0.473 e. The SMILES string of the molecule is OCc1ccc(-c2ccc(OCc3ccccc3)nc2OCc2ccccc2)c(C(F)(F)F)c1. The van der Waals surface area contributed by atoms with E-state index in [1.807, 2.05) is 60.7 Å². The van der Waals surface area contributed by atoms with Crippen molar-refractivity contribution in [3.63, 3.8) is 0 Å². The molecule has 0 atom stereocenters. The zero-order valence-corrected chi connectivity index (χ0v) is 18.1. The van der Waals surface area contributed by atoms with Gasteiger partial charge in [0, 0.05) is 11.6 Å². The molecule has 0 spiro atoms. The summed E-state index contributed by atoms with van der Waals surface area (Å²) < 4.78 is 53.2. The predicted molar refractivity (Wildman–Crippen MR) is 122 cm³/mol. The number of alkyl halides is 3. The van der Waals surface area contributed by atoms with Gasteiger partial charge in [-0.1, -0.05) is 72.8 Å². The lowest BCUT2D eigenvalue weighted by molar-refractivity contribution is -0.137. The minimum absolute atomic E-state index is 0.0247. The van der Waals surface area contributed by atoms with Crippen LogP contribution in [0.25, 0.3) is 11.1 Å². The normalized spacial score (nSPS) is 11.3. The highest BCUT2D eigenvalue weighted by molar-refractivity contribution is 5.73. The molecule has 0 unspecified atom stereocenters. The van der Waals surface area contributed by atoms with Gasteiger partial charge in [0.1, 0.15) is 13.2 Å². The minimum Gasteiger partial charge on any atom is -0.473 e. The minimum atomic E-state index is -4.63. The van der Waals surface area contributed by atoms with E-state index in [0.717, 1.165) is 17.2 Å². The molecule has 0 amide bonds. The number of aromatic nitrogens is 1. The van der Waals surface area contributed by atoms with Crippen LogP contribution in [0.3, 0.4) is 0 Å². The van der Waals surface area contributed by atoms with Crippen molar-refractivity contribution in [2.24, 2.45) is 0 Å². The molecule has 0 aliphatic carbocycles. The molecule has 0 aliphatic heterocycles. The van der Waals surface area contributed by atoms with Crippen LogP contribution in [-0.4, -0.2) is 10.1 Å². The maximum atomic E-state index is 13.9. The Morgan fingerprint density at radius 3 is 1.85 bits per heavy atom. The van der Waals surface area contributed by atoms with Crippen LogP contribution in [0, 0.1) is 0 Å². The van der Waals surface area contributed by atoms with Gasteiger partial charge >= 0.3 is 6.18 Å². The van der Waals surface area contributed by atoms with Crippen molar-refractivity contribution in [3.05, 3.63) is 113 Å². The third-order valence-electron chi connectivity index (χ3n) is 5.14. The molecule has 1 N–H and O–H groups in total. The van der Waals surface area contributed by atoms with Crippen molar-refractivity contribution in [3.8, 4) is 22.9 Å². The number of hydrogen-bond donors (Lipinski definition) is 1. The first-order valence-corrected chi connectivity index (χ1v) is 10.6. The predicted octanol–water partition coefficient (Wildman–Crippen LogP) is 6.42. The Labute approximate surface area is 195 Å². The number of hydrogen-bond acceptors (Lipinski definition) is 4. The van der Waals surface area contributed by atoms with E-state index in [0.29, 0.717) is 0 Å². The van der Waals surface area contributed by atoms with Crippen LogP contribution in [0.15, 0.2) is 91.0 Å². The molecule has 7 heteroatoms. The molecule has 1 heterocycles. The summed E-state index contributed by atoms with van der Waals surface area (Å²) in [7, 11) is 0. The molecular formula is C27H22F3NO3. The monoisotopic (exact) mass is 465 g/mol. The first kappa shape index (κ1) is 23.3. The third-order valence-corrected chi connectivity index (χ3v) is 5.14. The number of benzene rings is 3. The van der Waals surface area contributed by atoms with E-state index in [1.54, 1.807) is 0 Å². The lowest BCUT2D eigenvalue weighted by atomic mass is 9.98. The fraction of sp³-hybridized carbons (Fsp3) is 0.148. The van der Waals surface area contributed by atoms with Crippen LogP contribution >= 0.6 is 0 Å². The summed E-state index contributed by atoms with van der Waals surface area (Å²) in [6.45, 7) is -0.116. The van der Waals surface area contributed by atoms with Crippen LogP contribution in [0.4, 0.5) is 13.2 Å². The van der Waals surface area contributed by atoms with Gasteiger partial charge in [0.25, 0.3) is 0 Å². The van der Waals surface area contributed by atoms with Crippen LogP contribution in [-0.2, 0) is 26.0 Å². The lowest BCUT2D eigenvalue weighted by Gasteiger charge is -2.17. The Bertz CT molecular complexity index is 1230. The average Bonchev–Trinajstić information content (AvgIpc) is 2.86. The van der Waals surface area contributed by atoms with Crippen molar-refractivity contribution in [2.75, 3.05) is 0 Å². The highest BCUT2D eigenvalue weighted by Gasteiger charge is 2.35. The Kier molecular flexibility index (Phi) is 7.13. The molecule has 0 fully saturated rings. The molecule has 1 aromatic heterocycles. The first-order valence-electron chi connectivity index (χ1n) is 10.6. The summed E-state index contributed by atoms with van der Waals surface area (Å²) in [5, 5.41) is 9.32. The third kappa shape index (κ3) is 5.74. The molecule has 4 aromatic rings. The van der Waals surface area contributed by atoms with E-state index < -0.39 is 18.3 Å². The lowest BCUT2D eigenvalue weighted by Crippen LogP contribution is -2.09. The second-order valence-corrected chi connectivity index (χ2v) is 7.59. The van der Waals surface area contributed by atoms with Gasteiger partial charge in [-0.25, -0.2) is 0 Å². The van der Waals surface area contributed by atoms with E-state index in [9.17, 15) is 18.3 Å². The molecular weight excluding hydrogens is 443 g/mol. The fourth-order valence-corrected chi connectivity index (χ4v) is 3.44. The zero-order valence-electron chi connectivity index (χ0n) is 18.1. The number of aliphatic hydroxyl groups excluding tert-OH is 1. The number of halogens is 3. The molecule has 0 saturated carbocycles. The quantitative estimate of drug-likeness (QED) is 0.326. The molecule has 174 valence electrons. The Morgan fingerprint density at radius 1 is 0.676 bits per heavy atom. The van der Waals surface area contributed by atoms with Gasteiger partial charge in [0.2, 0.25) is 11.8 Å². The molecule has 0 aliphatic rings. The molecule has 34 heavy (non-hydrogen) atoms. The van der Waals surface area contributed by atoms with Crippen molar-refractivity contribution >= 4 is 0 Å². The van der Waals surface area contributed by atoms with Crippen molar-refractivity contribution in [1.82, 2.24) is 4.98 Å². The number of aliphatic hydroxyl groups is 1. The Morgan fingerprint density at radius 2 is 1.26 bits per heavy atom. The van der Waals surface area contributed by atoms with Gasteiger partial charge in [0.15, 0.2) is 0 Å². The van der Waals surface area contributed by atoms with E-state index in [2.05, 4.69) is 4.98 Å². The fourth-order valence-electron chi connectivity index (χ4n) is 3.44. The van der Waals surface area contributed by atoms with Gasteiger partial charge in [-0.2, -0.15) is 18.2 Å². The highest BCUT2D eigenvalue weighted by atomic mass is 19.4. The summed E-state index contributed by atoms with van der Waals surface area (Å²) in [6, 6.07) is 25.5. The summed E-state index contributed by atoms with van der Waals surface area (Å²) in [5.41, 5.74) is 1.16. The second kappa shape index (κ2) is 10.4. The standard InChI is InChI=1S/C27H22F3NO3/c28-27(29,30)24-15-21(16-32)11-12-22(24)23-13-14-25(33-17-19-7-3-1-4-8-19)31-26(23)34-18-20-9-5-2-6-10-20/h1-15,32H,16-18H2. The Hall–Kier alpha value is -3.84. The maximum absolute atomic E-state index is 13.9.